The van der Waals surface area contributed by atoms with Crippen molar-refractivity contribution in [2.75, 3.05) is 39.5 Å². The van der Waals surface area contributed by atoms with Gasteiger partial charge in [-0.15, -0.1) is 0 Å². The van der Waals surface area contributed by atoms with Crippen LogP contribution < -0.4 is 20.5 Å². The van der Waals surface area contributed by atoms with Crippen molar-refractivity contribution in [3.8, 4) is 28.4 Å². The van der Waals surface area contributed by atoms with E-state index < -0.39 is 23.9 Å². The number of benzene rings is 2. The third-order valence-corrected chi connectivity index (χ3v) is 6.26. The quantitative estimate of drug-likeness (QED) is 0.150. The summed E-state index contributed by atoms with van der Waals surface area (Å²) in [4.78, 5) is 41.5. The topological polar surface area (TPSA) is 180 Å². The van der Waals surface area contributed by atoms with Gasteiger partial charge in [0.25, 0.3) is 5.91 Å². The fourth-order valence-electron chi connectivity index (χ4n) is 4.33. The van der Waals surface area contributed by atoms with Gasteiger partial charge in [-0.25, -0.2) is 9.59 Å². The number of esters is 2. The van der Waals surface area contributed by atoms with Crippen LogP contribution in [0.2, 0.25) is 0 Å². The lowest BCUT2D eigenvalue weighted by Gasteiger charge is -2.18. The molecule has 0 bridgehead atoms. The van der Waals surface area contributed by atoms with Gasteiger partial charge in [0.2, 0.25) is 0 Å². The first-order valence-corrected chi connectivity index (χ1v) is 13.8. The van der Waals surface area contributed by atoms with Crippen LogP contribution in [0.5, 0.6) is 17.2 Å². The fourth-order valence-corrected chi connectivity index (χ4v) is 4.33. The Bertz CT molecular complexity index is 1400. The number of aromatic nitrogens is 1. The summed E-state index contributed by atoms with van der Waals surface area (Å²) in [7, 11) is 0. The molecule has 1 aromatic heterocycles. The molecule has 3 aromatic rings. The van der Waals surface area contributed by atoms with Gasteiger partial charge in [-0.05, 0) is 63.6 Å². The van der Waals surface area contributed by atoms with E-state index in [1.165, 1.54) is 18.2 Å². The van der Waals surface area contributed by atoms with Crippen LogP contribution in [0.25, 0.3) is 11.1 Å². The zero-order chi connectivity index (χ0) is 31.5. The van der Waals surface area contributed by atoms with Crippen LogP contribution in [-0.2, 0) is 9.47 Å². The van der Waals surface area contributed by atoms with Gasteiger partial charge in [-0.2, -0.15) is 0 Å². The van der Waals surface area contributed by atoms with E-state index in [9.17, 15) is 24.6 Å². The summed E-state index contributed by atoms with van der Waals surface area (Å²) in [5.74, 6) is -1.31. The molecule has 0 spiro atoms. The smallest absolute Gasteiger partial charge is 0.340 e. The monoisotopic (exact) mass is 595 g/mol. The number of hydrogen-bond acceptors (Lipinski definition) is 11. The average molecular weight is 596 g/mol. The molecule has 1 amide bonds. The second-order valence-electron chi connectivity index (χ2n) is 9.43. The van der Waals surface area contributed by atoms with Gasteiger partial charge >= 0.3 is 11.9 Å². The van der Waals surface area contributed by atoms with Crippen molar-refractivity contribution in [2.45, 2.75) is 33.8 Å². The number of carbonyl (C=O) groups excluding carboxylic acids is 3. The lowest BCUT2D eigenvalue weighted by atomic mass is 9.92. The standard InChI is InChI=1S/C31H37N3O9/c1-5-40-30(38)26-18(3)34-19(4)27(31(39)41-6-2)28(26)20-7-9-22(10-8-20)43-17-21(35)16-33-13-14-42-23-11-12-25(36)24(15-23)29(32)37/h7-12,15,21,33,35-36H,5-6,13-14,16-17H2,1-4H3,(H2,32,37). The summed E-state index contributed by atoms with van der Waals surface area (Å²) < 4.78 is 21.8. The van der Waals surface area contributed by atoms with Gasteiger partial charge in [0.1, 0.15) is 36.6 Å². The Morgan fingerprint density at radius 1 is 0.907 bits per heavy atom. The molecule has 3 rings (SSSR count). The summed E-state index contributed by atoms with van der Waals surface area (Å²) in [6.07, 6.45) is -0.828. The van der Waals surface area contributed by atoms with E-state index >= 15 is 0 Å². The number of aliphatic hydroxyl groups is 1. The first kappa shape index (κ1) is 32.8. The van der Waals surface area contributed by atoms with E-state index in [-0.39, 0.29) is 55.4 Å². The highest BCUT2D eigenvalue weighted by Gasteiger charge is 2.27. The molecule has 0 fully saturated rings. The molecule has 0 radical (unpaired) electrons. The van der Waals surface area contributed by atoms with Crippen LogP contribution in [0.1, 0.15) is 56.3 Å². The number of aromatic hydroxyl groups is 1. The second kappa shape index (κ2) is 15.5. The zero-order valence-electron chi connectivity index (χ0n) is 24.6. The Labute approximate surface area is 249 Å². The number of pyridine rings is 1. The van der Waals surface area contributed by atoms with Crippen LogP contribution >= 0.6 is 0 Å². The van der Waals surface area contributed by atoms with Crippen LogP contribution in [0, 0.1) is 13.8 Å². The molecule has 0 saturated carbocycles. The normalized spacial score (nSPS) is 11.5. The maximum absolute atomic E-state index is 12.9. The minimum Gasteiger partial charge on any atom is -0.507 e. The van der Waals surface area contributed by atoms with E-state index in [2.05, 4.69) is 10.3 Å². The summed E-state index contributed by atoms with van der Waals surface area (Å²) in [6.45, 7) is 7.96. The fraction of sp³-hybridized carbons (Fsp3) is 0.355. The molecule has 12 nitrogen and oxygen atoms in total. The van der Waals surface area contributed by atoms with Gasteiger partial charge in [0.05, 0.1) is 41.3 Å². The average Bonchev–Trinajstić information content (AvgIpc) is 2.96. The highest BCUT2D eigenvalue weighted by Crippen LogP contribution is 2.33. The molecule has 5 N–H and O–H groups in total. The highest BCUT2D eigenvalue weighted by atomic mass is 16.5. The Balaban J connectivity index is 1.61. The molecule has 0 aliphatic rings. The van der Waals surface area contributed by atoms with Crippen molar-refractivity contribution in [3.63, 3.8) is 0 Å². The van der Waals surface area contributed by atoms with E-state index in [4.69, 9.17) is 24.7 Å². The van der Waals surface area contributed by atoms with E-state index in [0.29, 0.717) is 40.6 Å². The number of aliphatic hydroxyl groups excluding tert-OH is 1. The van der Waals surface area contributed by atoms with Crippen molar-refractivity contribution in [1.82, 2.24) is 10.3 Å². The summed E-state index contributed by atoms with van der Waals surface area (Å²) in [5, 5.41) is 23.0. The molecule has 12 heteroatoms. The van der Waals surface area contributed by atoms with E-state index in [0.717, 1.165) is 0 Å². The van der Waals surface area contributed by atoms with E-state index in [1.54, 1.807) is 52.0 Å². The maximum Gasteiger partial charge on any atom is 0.340 e. The number of aryl methyl sites for hydroxylation is 2. The SMILES string of the molecule is CCOC(=O)c1c(C)nc(C)c(C(=O)OCC)c1-c1ccc(OCC(O)CNCCOc2ccc(O)c(C(N)=O)c2)cc1. The minimum atomic E-state index is -0.828. The summed E-state index contributed by atoms with van der Waals surface area (Å²) in [5.41, 5.74) is 7.37. The van der Waals surface area contributed by atoms with Crippen molar-refractivity contribution in [1.29, 1.82) is 0 Å². The van der Waals surface area contributed by atoms with Gasteiger partial charge in [-0.1, -0.05) is 12.1 Å². The highest BCUT2D eigenvalue weighted by molar-refractivity contribution is 6.07. The van der Waals surface area contributed by atoms with Crippen molar-refractivity contribution >= 4 is 17.8 Å². The first-order chi connectivity index (χ1) is 20.6. The van der Waals surface area contributed by atoms with Gasteiger partial charge < -0.3 is 40.2 Å². The molecular weight excluding hydrogens is 558 g/mol. The summed E-state index contributed by atoms with van der Waals surface area (Å²) in [6, 6.07) is 11.0. The van der Waals surface area contributed by atoms with Crippen molar-refractivity contribution in [2.24, 2.45) is 5.73 Å². The number of nitrogens with zero attached hydrogens (tertiary/aromatic N) is 1. The molecule has 1 unspecified atom stereocenters. The third-order valence-electron chi connectivity index (χ3n) is 6.26. The number of phenols is 1. The third kappa shape index (κ3) is 8.66. The Hall–Kier alpha value is -4.68. The van der Waals surface area contributed by atoms with Gasteiger partial charge in [0.15, 0.2) is 0 Å². The molecule has 2 aromatic carbocycles. The Morgan fingerprint density at radius 3 is 2.05 bits per heavy atom. The molecule has 230 valence electrons. The molecule has 0 aliphatic heterocycles. The number of rotatable bonds is 15. The van der Waals surface area contributed by atoms with Crippen LogP contribution in [0.15, 0.2) is 42.5 Å². The van der Waals surface area contributed by atoms with Gasteiger partial charge in [0, 0.05) is 18.7 Å². The molecule has 43 heavy (non-hydrogen) atoms. The number of ether oxygens (including phenoxy) is 4. The minimum absolute atomic E-state index is 0.00274. The van der Waals surface area contributed by atoms with Crippen LogP contribution in [0.4, 0.5) is 0 Å². The largest absolute Gasteiger partial charge is 0.507 e. The molecule has 1 atom stereocenters. The molecule has 1 heterocycles. The second-order valence-corrected chi connectivity index (χ2v) is 9.43. The maximum atomic E-state index is 12.9. The predicted molar refractivity (Wildman–Crippen MR) is 158 cm³/mol. The number of hydrogen-bond donors (Lipinski definition) is 4. The molecule has 0 aliphatic carbocycles. The summed E-state index contributed by atoms with van der Waals surface area (Å²) >= 11 is 0. The number of nitrogens with one attached hydrogen (secondary N) is 1. The van der Waals surface area contributed by atoms with Crippen molar-refractivity contribution in [3.05, 3.63) is 70.5 Å². The van der Waals surface area contributed by atoms with Gasteiger partial charge in [-0.3, -0.25) is 9.78 Å². The number of primary amides is 1. The van der Waals surface area contributed by atoms with Crippen LogP contribution in [-0.4, -0.2) is 78.7 Å². The number of amides is 1. The predicted octanol–water partition coefficient (Wildman–Crippen LogP) is 2.93. The first-order valence-electron chi connectivity index (χ1n) is 13.8. The Morgan fingerprint density at radius 2 is 1.49 bits per heavy atom. The van der Waals surface area contributed by atoms with Crippen LogP contribution in [0.3, 0.4) is 0 Å². The van der Waals surface area contributed by atoms with Crippen molar-refractivity contribution < 1.29 is 43.5 Å². The zero-order valence-corrected chi connectivity index (χ0v) is 24.6. The lowest BCUT2D eigenvalue weighted by molar-refractivity contribution is 0.0524. The molecule has 0 saturated heterocycles. The Kier molecular flexibility index (Phi) is 11.8. The number of nitrogens with two attached hydrogens (primary N) is 1. The van der Waals surface area contributed by atoms with E-state index in [1.807, 2.05) is 0 Å². The lowest BCUT2D eigenvalue weighted by Crippen LogP contribution is -2.33. The number of carbonyl (C=O) groups is 3. The molecular formula is C31H37N3O9.